The fraction of sp³-hybridized carbons (Fsp3) is 0.250. The molecule has 1 saturated heterocycles. The molecule has 0 bridgehead atoms. The lowest BCUT2D eigenvalue weighted by Crippen LogP contribution is -2.17. The number of allylic oxidation sites excluding steroid dienone is 2. The Morgan fingerprint density at radius 1 is 1.38 bits per heavy atom. The molecule has 1 fully saturated rings. The lowest BCUT2D eigenvalue weighted by Gasteiger charge is -1.92. The summed E-state index contributed by atoms with van der Waals surface area (Å²) in [6.07, 6.45) is 0.131. The number of carbonyl (C=O) groups excluding carboxylic acids is 1. The molecule has 0 spiro atoms. The first-order valence-corrected chi connectivity index (χ1v) is 3.46. The summed E-state index contributed by atoms with van der Waals surface area (Å²) in [5, 5.41) is 27.7. The van der Waals surface area contributed by atoms with Crippen molar-refractivity contribution in [3.8, 4) is 18.2 Å². The molecule has 1 rings (SSSR count). The van der Waals surface area contributed by atoms with Gasteiger partial charge in [0.1, 0.15) is 23.6 Å². The van der Waals surface area contributed by atoms with Crippen LogP contribution in [0, 0.1) is 39.9 Å². The van der Waals surface area contributed by atoms with Gasteiger partial charge in [0.2, 0.25) is 5.91 Å². The Morgan fingerprint density at radius 2 is 2.00 bits per heavy atom. The van der Waals surface area contributed by atoms with Crippen LogP contribution in [0.1, 0.15) is 6.42 Å². The molecule has 1 aliphatic heterocycles. The minimum atomic E-state index is -0.772. The number of rotatable bonds is 0. The molecule has 1 amide bonds. The van der Waals surface area contributed by atoms with Crippen LogP contribution in [-0.4, -0.2) is 5.91 Å². The molecule has 1 aliphatic rings. The van der Waals surface area contributed by atoms with Crippen molar-refractivity contribution in [2.24, 2.45) is 5.92 Å². The van der Waals surface area contributed by atoms with Gasteiger partial charge in [-0.05, 0) is 0 Å². The summed E-state index contributed by atoms with van der Waals surface area (Å²) >= 11 is 0. The van der Waals surface area contributed by atoms with E-state index in [4.69, 9.17) is 15.8 Å². The highest BCUT2D eigenvalue weighted by Crippen LogP contribution is 2.19. The SMILES string of the molecule is N#CC(C#N)=C1CC(C#N)C(=O)N1. The van der Waals surface area contributed by atoms with E-state index in [1.165, 1.54) is 0 Å². The lowest BCUT2D eigenvalue weighted by atomic mass is 10.1. The Kier molecular flexibility index (Phi) is 2.28. The molecule has 5 heteroatoms. The molecule has 1 N–H and O–H groups in total. The summed E-state index contributed by atoms with van der Waals surface area (Å²) in [6, 6.07) is 5.09. The predicted octanol–water partition coefficient (Wildman–Crippen LogP) is -0.0527. The predicted molar refractivity (Wildman–Crippen MR) is 40.1 cm³/mol. The third kappa shape index (κ3) is 1.47. The number of nitrogens with zero attached hydrogens (tertiary/aromatic N) is 3. The van der Waals surface area contributed by atoms with Gasteiger partial charge in [0, 0.05) is 12.1 Å². The zero-order valence-corrected chi connectivity index (χ0v) is 6.53. The van der Waals surface area contributed by atoms with Crippen molar-refractivity contribution in [1.82, 2.24) is 5.32 Å². The van der Waals surface area contributed by atoms with Gasteiger partial charge < -0.3 is 5.32 Å². The van der Waals surface area contributed by atoms with Crippen molar-refractivity contribution in [3.05, 3.63) is 11.3 Å². The summed E-state index contributed by atoms with van der Waals surface area (Å²) < 4.78 is 0. The molecule has 13 heavy (non-hydrogen) atoms. The van der Waals surface area contributed by atoms with Crippen LogP contribution >= 0.6 is 0 Å². The van der Waals surface area contributed by atoms with Crippen LogP contribution in [0.4, 0.5) is 0 Å². The summed E-state index contributed by atoms with van der Waals surface area (Å²) in [5.74, 6) is -1.22. The molecule has 1 unspecified atom stereocenters. The molecule has 1 heterocycles. The van der Waals surface area contributed by atoms with Gasteiger partial charge in [0.15, 0.2) is 0 Å². The first-order chi connectivity index (χ1) is 6.22. The zero-order valence-electron chi connectivity index (χ0n) is 6.53. The summed E-state index contributed by atoms with van der Waals surface area (Å²) in [4.78, 5) is 11.0. The van der Waals surface area contributed by atoms with Crippen LogP contribution in [0.15, 0.2) is 11.3 Å². The van der Waals surface area contributed by atoms with Crippen LogP contribution in [0.5, 0.6) is 0 Å². The van der Waals surface area contributed by atoms with E-state index >= 15 is 0 Å². The minimum Gasteiger partial charge on any atom is -0.327 e. The van der Waals surface area contributed by atoms with Gasteiger partial charge in [-0.2, -0.15) is 15.8 Å². The normalized spacial score (nSPS) is 19.6. The Balaban J connectivity index is 3.00. The van der Waals surface area contributed by atoms with Crippen LogP contribution in [0.2, 0.25) is 0 Å². The highest BCUT2D eigenvalue weighted by atomic mass is 16.2. The number of amides is 1. The van der Waals surface area contributed by atoms with Gasteiger partial charge in [-0.1, -0.05) is 0 Å². The molecule has 0 aliphatic carbocycles. The fourth-order valence-corrected chi connectivity index (χ4v) is 1.01. The molecule has 0 aromatic heterocycles. The first kappa shape index (κ1) is 8.77. The number of hydrogen-bond donors (Lipinski definition) is 1. The van der Waals surface area contributed by atoms with Gasteiger partial charge in [-0.3, -0.25) is 4.79 Å². The molecule has 0 aromatic carbocycles. The quantitative estimate of drug-likeness (QED) is 0.517. The minimum absolute atomic E-state index is 0.131. The smallest absolute Gasteiger partial charge is 0.241 e. The average Bonchev–Trinajstić information content (AvgIpc) is 2.49. The van der Waals surface area contributed by atoms with E-state index in [0.29, 0.717) is 0 Å². The number of nitrogens with one attached hydrogen (secondary N) is 1. The fourth-order valence-electron chi connectivity index (χ4n) is 1.01. The average molecular weight is 172 g/mol. The molecular weight excluding hydrogens is 168 g/mol. The molecular formula is C8H4N4O. The largest absolute Gasteiger partial charge is 0.327 e. The molecule has 0 saturated carbocycles. The molecule has 0 aromatic rings. The highest BCUT2D eigenvalue weighted by Gasteiger charge is 2.29. The van der Waals surface area contributed by atoms with Crippen molar-refractivity contribution in [3.63, 3.8) is 0 Å². The third-order valence-electron chi connectivity index (χ3n) is 1.68. The maximum absolute atomic E-state index is 11.0. The third-order valence-corrected chi connectivity index (χ3v) is 1.68. The van der Waals surface area contributed by atoms with Crippen molar-refractivity contribution < 1.29 is 4.79 Å². The second-order valence-electron chi connectivity index (χ2n) is 2.45. The van der Waals surface area contributed by atoms with E-state index in [1.807, 2.05) is 0 Å². The van der Waals surface area contributed by atoms with Crippen LogP contribution in [0.3, 0.4) is 0 Å². The molecule has 0 radical (unpaired) electrons. The van der Waals surface area contributed by atoms with Crippen molar-refractivity contribution >= 4 is 5.91 Å². The van der Waals surface area contributed by atoms with Gasteiger partial charge in [-0.25, -0.2) is 0 Å². The molecule has 62 valence electrons. The van der Waals surface area contributed by atoms with Crippen LogP contribution < -0.4 is 5.32 Å². The topological polar surface area (TPSA) is 100 Å². The lowest BCUT2D eigenvalue weighted by molar-refractivity contribution is -0.120. The number of carbonyl (C=O) groups is 1. The standard InChI is InChI=1S/C8H4N4O/c9-2-5-1-7(12-8(5)13)6(3-10)4-11/h5H,1H2,(H,12,13). The van der Waals surface area contributed by atoms with Crippen LogP contribution in [0.25, 0.3) is 0 Å². The highest BCUT2D eigenvalue weighted by molar-refractivity contribution is 5.86. The van der Waals surface area contributed by atoms with E-state index in [-0.39, 0.29) is 17.7 Å². The first-order valence-electron chi connectivity index (χ1n) is 3.46. The Labute approximate surface area is 74.5 Å². The van der Waals surface area contributed by atoms with E-state index in [9.17, 15) is 4.79 Å². The van der Waals surface area contributed by atoms with Gasteiger partial charge in [0.25, 0.3) is 0 Å². The van der Waals surface area contributed by atoms with Gasteiger partial charge in [0.05, 0.1) is 6.07 Å². The van der Waals surface area contributed by atoms with Gasteiger partial charge >= 0.3 is 0 Å². The Hall–Kier alpha value is -2.32. The molecule has 5 nitrogen and oxygen atoms in total. The van der Waals surface area contributed by atoms with Crippen molar-refractivity contribution in [2.45, 2.75) is 6.42 Å². The summed E-state index contributed by atoms with van der Waals surface area (Å²) in [5.41, 5.74) is 0.118. The van der Waals surface area contributed by atoms with Gasteiger partial charge in [-0.15, -0.1) is 0 Å². The zero-order chi connectivity index (χ0) is 9.84. The second-order valence-corrected chi connectivity index (χ2v) is 2.45. The second kappa shape index (κ2) is 3.38. The van der Waals surface area contributed by atoms with E-state index in [2.05, 4.69) is 5.32 Å². The Morgan fingerprint density at radius 3 is 2.38 bits per heavy atom. The Bertz CT molecular complexity index is 385. The maximum Gasteiger partial charge on any atom is 0.241 e. The number of hydrogen-bond acceptors (Lipinski definition) is 4. The molecule has 1 atom stereocenters. The van der Waals surface area contributed by atoms with Crippen LogP contribution in [-0.2, 0) is 4.79 Å². The maximum atomic E-state index is 11.0. The van der Waals surface area contributed by atoms with E-state index < -0.39 is 11.8 Å². The van der Waals surface area contributed by atoms with Crippen molar-refractivity contribution in [2.75, 3.05) is 0 Å². The van der Waals surface area contributed by atoms with Crippen molar-refractivity contribution in [1.29, 1.82) is 15.8 Å². The van der Waals surface area contributed by atoms with E-state index in [1.54, 1.807) is 18.2 Å². The number of nitriles is 3. The monoisotopic (exact) mass is 172 g/mol. The summed E-state index contributed by atoms with van der Waals surface area (Å²) in [6.45, 7) is 0. The summed E-state index contributed by atoms with van der Waals surface area (Å²) in [7, 11) is 0. The van der Waals surface area contributed by atoms with E-state index in [0.717, 1.165) is 0 Å².